The van der Waals surface area contributed by atoms with Gasteiger partial charge in [0.05, 0.1) is 0 Å². The normalized spacial score (nSPS) is 11.8. The molecule has 1 aromatic rings. The summed E-state index contributed by atoms with van der Waals surface area (Å²) in [5, 5.41) is 0. The fraction of sp³-hybridized carbons (Fsp3) is 0.455. The van der Waals surface area contributed by atoms with Crippen molar-refractivity contribution >= 4 is 0 Å². The lowest BCUT2D eigenvalue weighted by Crippen LogP contribution is -2.34. The van der Waals surface area contributed by atoms with Crippen molar-refractivity contribution in [3.05, 3.63) is 35.1 Å². The first kappa shape index (κ1) is 10.2. The van der Waals surface area contributed by atoms with Crippen LogP contribution in [0.3, 0.4) is 0 Å². The third-order valence-electron chi connectivity index (χ3n) is 1.96. The SMILES string of the molecule is Cc1ccc(F)cc1CC(C)(C)N. The monoisotopic (exact) mass is 181 g/mol. The summed E-state index contributed by atoms with van der Waals surface area (Å²) in [7, 11) is 0. The zero-order valence-electron chi connectivity index (χ0n) is 8.39. The van der Waals surface area contributed by atoms with E-state index in [1.54, 1.807) is 12.1 Å². The van der Waals surface area contributed by atoms with Gasteiger partial charge in [0.25, 0.3) is 0 Å². The van der Waals surface area contributed by atoms with E-state index in [9.17, 15) is 4.39 Å². The summed E-state index contributed by atoms with van der Waals surface area (Å²) < 4.78 is 12.9. The van der Waals surface area contributed by atoms with E-state index in [-0.39, 0.29) is 11.4 Å². The summed E-state index contributed by atoms with van der Waals surface area (Å²) in [4.78, 5) is 0. The first-order valence-corrected chi connectivity index (χ1v) is 4.42. The Morgan fingerprint density at radius 2 is 2.00 bits per heavy atom. The number of halogens is 1. The van der Waals surface area contributed by atoms with Gasteiger partial charge in [-0.15, -0.1) is 0 Å². The highest BCUT2D eigenvalue weighted by Crippen LogP contribution is 2.15. The quantitative estimate of drug-likeness (QED) is 0.745. The Balaban J connectivity index is 2.94. The smallest absolute Gasteiger partial charge is 0.123 e. The molecule has 1 nitrogen and oxygen atoms in total. The molecule has 0 unspecified atom stereocenters. The van der Waals surface area contributed by atoms with Crippen LogP contribution in [0.1, 0.15) is 25.0 Å². The Bertz CT molecular complexity index is 299. The Morgan fingerprint density at radius 1 is 1.38 bits per heavy atom. The molecule has 0 aliphatic heterocycles. The van der Waals surface area contributed by atoms with Crippen LogP contribution in [0.2, 0.25) is 0 Å². The lowest BCUT2D eigenvalue weighted by Gasteiger charge is -2.19. The maximum atomic E-state index is 12.9. The van der Waals surface area contributed by atoms with Crippen LogP contribution in [0.15, 0.2) is 18.2 Å². The Labute approximate surface area is 78.8 Å². The second-order valence-electron chi connectivity index (χ2n) is 4.24. The van der Waals surface area contributed by atoms with Crippen molar-refractivity contribution in [2.45, 2.75) is 32.7 Å². The molecule has 2 heteroatoms. The molecule has 2 N–H and O–H groups in total. The van der Waals surface area contributed by atoms with Gasteiger partial charge in [-0.2, -0.15) is 0 Å². The van der Waals surface area contributed by atoms with E-state index in [1.165, 1.54) is 6.07 Å². The molecular weight excluding hydrogens is 165 g/mol. The fourth-order valence-electron chi connectivity index (χ4n) is 1.32. The molecule has 1 rings (SSSR count). The number of rotatable bonds is 2. The van der Waals surface area contributed by atoms with E-state index in [4.69, 9.17) is 5.73 Å². The summed E-state index contributed by atoms with van der Waals surface area (Å²) in [6.07, 6.45) is 0.705. The number of aryl methyl sites for hydroxylation is 1. The third-order valence-corrected chi connectivity index (χ3v) is 1.96. The van der Waals surface area contributed by atoms with Gasteiger partial charge in [-0.25, -0.2) is 4.39 Å². The van der Waals surface area contributed by atoms with Gasteiger partial charge in [0, 0.05) is 5.54 Å². The number of hydrogen-bond donors (Lipinski definition) is 1. The van der Waals surface area contributed by atoms with E-state index in [1.807, 2.05) is 20.8 Å². The average molecular weight is 181 g/mol. The summed E-state index contributed by atoms with van der Waals surface area (Å²) in [5.41, 5.74) is 7.67. The fourth-order valence-corrected chi connectivity index (χ4v) is 1.32. The minimum absolute atomic E-state index is 0.190. The number of nitrogens with two attached hydrogens (primary N) is 1. The van der Waals surface area contributed by atoms with E-state index < -0.39 is 0 Å². The molecule has 1 aromatic carbocycles. The predicted molar refractivity (Wildman–Crippen MR) is 53.1 cm³/mol. The molecule has 72 valence electrons. The van der Waals surface area contributed by atoms with Crippen LogP contribution in [-0.4, -0.2) is 5.54 Å². The van der Waals surface area contributed by atoms with E-state index in [0.29, 0.717) is 6.42 Å². The highest BCUT2D eigenvalue weighted by atomic mass is 19.1. The van der Waals surface area contributed by atoms with Gasteiger partial charge in [0.2, 0.25) is 0 Å². The topological polar surface area (TPSA) is 26.0 Å². The Kier molecular flexibility index (Phi) is 2.71. The van der Waals surface area contributed by atoms with Gasteiger partial charge >= 0.3 is 0 Å². The van der Waals surface area contributed by atoms with Crippen molar-refractivity contribution in [2.75, 3.05) is 0 Å². The molecule has 0 aliphatic rings. The third kappa shape index (κ3) is 3.15. The minimum Gasteiger partial charge on any atom is -0.325 e. The van der Waals surface area contributed by atoms with Gasteiger partial charge < -0.3 is 5.73 Å². The van der Waals surface area contributed by atoms with Crippen LogP contribution in [0.5, 0.6) is 0 Å². The van der Waals surface area contributed by atoms with Crippen molar-refractivity contribution < 1.29 is 4.39 Å². The molecule has 0 saturated heterocycles. The van der Waals surface area contributed by atoms with Crippen LogP contribution in [0.4, 0.5) is 4.39 Å². The lowest BCUT2D eigenvalue weighted by molar-refractivity contribution is 0.513. The first-order chi connectivity index (χ1) is 5.88. The summed E-state index contributed by atoms with van der Waals surface area (Å²) in [5.74, 6) is -0.190. The van der Waals surface area contributed by atoms with Crippen LogP contribution in [0.25, 0.3) is 0 Å². The standard InChI is InChI=1S/C11H16FN/c1-8-4-5-10(12)6-9(8)7-11(2,3)13/h4-6H,7,13H2,1-3H3. The molecule has 0 bridgehead atoms. The summed E-state index contributed by atoms with van der Waals surface area (Å²) >= 11 is 0. The second kappa shape index (κ2) is 3.46. The molecule has 0 spiro atoms. The highest BCUT2D eigenvalue weighted by molar-refractivity contribution is 5.27. The van der Waals surface area contributed by atoms with E-state index >= 15 is 0 Å². The van der Waals surface area contributed by atoms with Gasteiger partial charge in [0.15, 0.2) is 0 Å². The highest BCUT2D eigenvalue weighted by Gasteiger charge is 2.13. The molecule has 0 heterocycles. The van der Waals surface area contributed by atoms with Gasteiger partial charge in [-0.1, -0.05) is 6.07 Å². The Hall–Kier alpha value is -0.890. The van der Waals surface area contributed by atoms with Crippen LogP contribution in [-0.2, 0) is 6.42 Å². The molecule has 0 amide bonds. The van der Waals surface area contributed by atoms with Crippen LogP contribution in [0, 0.1) is 12.7 Å². The summed E-state index contributed by atoms with van der Waals surface area (Å²) in [6, 6.07) is 4.82. The molecule has 0 fully saturated rings. The van der Waals surface area contributed by atoms with Crippen LogP contribution >= 0.6 is 0 Å². The van der Waals surface area contributed by atoms with Crippen molar-refractivity contribution in [1.82, 2.24) is 0 Å². The van der Waals surface area contributed by atoms with Crippen molar-refractivity contribution in [3.8, 4) is 0 Å². The zero-order chi connectivity index (χ0) is 10.1. The zero-order valence-corrected chi connectivity index (χ0v) is 8.39. The molecule has 0 aliphatic carbocycles. The molecule has 0 radical (unpaired) electrons. The van der Waals surface area contributed by atoms with Crippen molar-refractivity contribution in [2.24, 2.45) is 5.73 Å². The second-order valence-corrected chi connectivity index (χ2v) is 4.24. The molecule has 0 saturated carbocycles. The molecule has 0 atom stereocenters. The van der Waals surface area contributed by atoms with Gasteiger partial charge in [-0.3, -0.25) is 0 Å². The first-order valence-electron chi connectivity index (χ1n) is 4.42. The van der Waals surface area contributed by atoms with Crippen LogP contribution < -0.4 is 5.73 Å². The van der Waals surface area contributed by atoms with Gasteiger partial charge in [-0.05, 0) is 50.5 Å². The minimum atomic E-state index is -0.279. The molecular formula is C11H16FN. The van der Waals surface area contributed by atoms with E-state index in [0.717, 1.165) is 11.1 Å². The average Bonchev–Trinajstić information content (AvgIpc) is 1.94. The summed E-state index contributed by atoms with van der Waals surface area (Å²) in [6.45, 7) is 5.86. The number of benzene rings is 1. The largest absolute Gasteiger partial charge is 0.325 e. The lowest BCUT2D eigenvalue weighted by atomic mass is 9.93. The maximum absolute atomic E-state index is 12.9. The maximum Gasteiger partial charge on any atom is 0.123 e. The van der Waals surface area contributed by atoms with Gasteiger partial charge in [0.1, 0.15) is 5.82 Å². The van der Waals surface area contributed by atoms with E-state index in [2.05, 4.69) is 0 Å². The Morgan fingerprint density at radius 3 is 2.54 bits per heavy atom. The van der Waals surface area contributed by atoms with Crippen molar-refractivity contribution in [1.29, 1.82) is 0 Å². The van der Waals surface area contributed by atoms with Crippen molar-refractivity contribution in [3.63, 3.8) is 0 Å². The predicted octanol–water partition coefficient (Wildman–Crippen LogP) is 2.41. The molecule has 13 heavy (non-hydrogen) atoms. The molecule has 0 aromatic heterocycles. The number of hydrogen-bond acceptors (Lipinski definition) is 1.